The van der Waals surface area contributed by atoms with Gasteiger partial charge in [-0.3, -0.25) is 0 Å². The molecule has 4 heteroatoms. The molecule has 2 aromatic carbocycles. The summed E-state index contributed by atoms with van der Waals surface area (Å²) in [5.41, 5.74) is 2.30. The SMILES string of the molecule is O=C(NCCCCN1CCC(Cc2ccccc2)CC1)Nc1ccccc1. The van der Waals surface area contributed by atoms with Gasteiger partial charge < -0.3 is 15.5 Å². The van der Waals surface area contributed by atoms with E-state index in [1.807, 2.05) is 30.3 Å². The maximum absolute atomic E-state index is 11.8. The first-order valence-corrected chi connectivity index (χ1v) is 10.2. The van der Waals surface area contributed by atoms with Gasteiger partial charge in [-0.2, -0.15) is 0 Å². The fourth-order valence-electron chi connectivity index (χ4n) is 3.72. The number of piperidine rings is 1. The average Bonchev–Trinajstić information content (AvgIpc) is 2.70. The zero-order chi connectivity index (χ0) is 18.7. The lowest BCUT2D eigenvalue weighted by Crippen LogP contribution is -2.35. The molecule has 1 heterocycles. The second-order valence-corrected chi connectivity index (χ2v) is 7.43. The molecule has 0 saturated carbocycles. The standard InChI is InChI=1S/C23H31N3O/c27-23(25-22-11-5-2-6-12-22)24-15-7-8-16-26-17-13-21(14-18-26)19-20-9-3-1-4-10-20/h1-6,9-12,21H,7-8,13-19H2,(H2,24,25,27). The highest BCUT2D eigenvalue weighted by Crippen LogP contribution is 2.21. The van der Waals surface area contributed by atoms with Crippen LogP contribution in [0.4, 0.5) is 10.5 Å². The van der Waals surface area contributed by atoms with Crippen LogP contribution in [0.2, 0.25) is 0 Å². The number of para-hydroxylation sites is 1. The Morgan fingerprint density at radius 3 is 2.30 bits per heavy atom. The van der Waals surface area contributed by atoms with Crippen molar-refractivity contribution >= 4 is 11.7 Å². The van der Waals surface area contributed by atoms with Gasteiger partial charge in [-0.1, -0.05) is 48.5 Å². The van der Waals surface area contributed by atoms with Crippen LogP contribution in [-0.4, -0.2) is 37.1 Å². The van der Waals surface area contributed by atoms with Crippen molar-refractivity contribution in [2.45, 2.75) is 32.1 Å². The molecule has 0 bridgehead atoms. The van der Waals surface area contributed by atoms with E-state index >= 15 is 0 Å². The van der Waals surface area contributed by atoms with Crippen LogP contribution in [0.5, 0.6) is 0 Å². The lowest BCUT2D eigenvalue weighted by Gasteiger charge is -2.32. The third kappa shape index (κ3) is 7.06. The summed E-state index contributed by atoms with van der Waals surface area (Å²) in [5, 5.41) is 5.78. The number of amides is 2. The van der Waals surface area contributed by atoms with Gasteiger partial charge in [0.15, 0.2) is 0 Å². The summed E-state index contributed by atoms with van der Waals surface area (Å²) in [4.78, 5) is 14.4. The van der Waals surface area contributed by atoms with Crippen LogP contribution in [0.25, 0.3) is 0 Å². The molecule has 1 saturated heterocycles. The predicted molar refractivity (Wildman–Crippen MR) is 112 cm³/mol. The number of likely N-dealkylation sites (tertiary alicyclic amines) is 1. The Morgan fingerprint density at radius 2 is 1.59 bits per heavy atom. The Kier molecular flexibility index (Phi) is 7.72. The fraction of sp³-hybridized carbons (Fsp3) is 0.435. The summed E-state index contributed by atoms with van der Waals surface area (Å²) < 4.78 is 0. The van der Waals surface area contributed by atoms with Gasteiger partial charge >= 0.3 is 6.03 Å². The molecular weight excluding hydrogens is 334 g/mol. The molecule has 1 fully saturated rings. The normalized spacial score (nSPS) is 15.4. The fourth-order valence-corrected chi connectivity index (χ4v) is 3.72. The van der Waals surface area contributed by atoms with Crippen LogP contribution in [0.1, 0.15) is 31.2 Å². The lowest BCUT2D eigenvalue weighted by molar-refractivity contribution is 0.181. The van der Waals surface area contributed by atoms with Crippen LogP contribution in [0, 0.1) is 5.92 Å². The molecule has 0 spiro atoms. The first-order chi connectivity index (χ1) is 13.3. The highest BCUT2D eigenvalue weighted by atomic mass is 16.2. The van der Waals surface area contributed by atoms with Crippen molar-refractivity contribution < 1.29 is 4.79 Å². The number of nitrogens with one attached hydrogen (secondary N) is 2. The van der Waals surface area contributed by atoms with E-state index in [0.29, 0.717) is 0 Å². The number of urea groups is 1. The number of benzene rings is 2. The van der Waals surface area contributed by atoms with Gasteiger partial charge in [0.05, 0.1) is 0 Å². The molecule has 2 amide bonds. The second-order valence-electron chi connectivity index (χ2n) is 7.43. The van der Waals surface area contributed by atoms with E-state index in [2.05, 4.69) is 45.9 Å². The van der Waals surface area contributed by atoms with Crippen molar-refractivity contribution in [1.82, 2.24) is 10.2 Å². The number of carbonyl (C=O) groups excluding carboxylic acids is 1. The van der Waals surface area contributed by atoms with E-state index in [9.17, 15) is 4.79 Å². The molecule has 0 aromatic heterocycles. The molecule has 0 atom stereocenters. The van der Waals surface area contributed by atoms with Gasteiger partial charge in [0, 0.05) is 12.2 Å². The van der Waals surface area contributed by atoms with Crippen LogP contribution in [-0.2, 0) is 6.42 Å². The topological polar surface area (TPSA) is 44.4 Å². The van der Waals surface area contributed by atoms with Gasteiger partial charge in [0.2, 0.25) is 0 Å². The second kappa shape index (κ2) is 10.7. The minimum Gasteiger partial charge on any atom is -0.338 e. The summed E-state index contributed by atoms with van der Waals surface area (Å²) in [6.07, 6.45) is 5.97. The molecule has 144 valence electrons. The number of anilines is 1. The molecule has 0 radical (unpaired) electrons. The smallest absolute Gasteiger partial charge is 0.319 e. The maximum atomic E-state index is 11.8. The van der Waals surface area contributed by atoms with Gasteiger partial charge in [0.25, 0.3) is 0 Å². The first kappa shape index (κ1) is 19.4. The van der Waals surface area contributed by atoms with Crippen molar-refractivity contribution in [3.8, 4) is 0 Å². The number of hydrogen-bond acceptors (Lipinski definition) is 2. The molecule has 2 N–H and O–H groups in total. The highest BCUT2D eigenvalue weighted by Gasteiger charge is 2.18. The molecule has 1 aliphatic heterocycles. The average molecular weight is 366 g/mol. The summed E-state index contributed by atoms with van der Waals surface area (Å²) >= 11 is 0. The first-order valence-electron chi connectivity index (χ1n) is 10.2. The van der Waals surface area contributed by atoms with Gasteiger partial charge in [-0.05, 0) is 75.4 Å². The molecule has 2 aromatic rings. The molecule has 3 rings (SSSR count). The van der Waals surface area contributed by atoms with Crippen LogP contribution >= 0.6 is 0 Å². The minimum absolute atomic E-state index is 0.122. The largest absolute Gasteiger partial charge is 0.338 e. The molecule has 0 unspecified atom stereocenters. The number of hydrogen-bond donors (Lipinski definition) is 2. The third-order valence-corrected chi connectivity index (χ3v) is 5.29. The zero-order valence-corrected chi connectivity index (χ0v) is 16.1. The van der Waals surface area contributed by atoms with E-state index in [1.165, 1.54) is 37.9 Å². The summed E-state index contributed by atoms with van der Waals surface area (Å²) in [7, 11) is 0. The van der Waals surface area contributed by atoms with E-state index in [4.69, 9.17) is 0 Å². The molecule has 0 aliphatic carbocycles. The predicted octanol–water partition coefficient (Wildman–Crippen LogP) is 4.54. The van der Waals surface area contributed by atoms with E-state index < -0.39 is 0 Å². The highest BCUT2D eigenvalue weighted by molar-refractivity contribution is 5.89. The monoisotopic (exact) mass is 365 g/mol. The number of nitrogens with zero attached hydrogens (tertiary/aromatic N) is 1. The van der Waals surface area contributed by atoms with Crippen molar-refractivity contribution in [3.05, 3.63) is 66.2 Å². The number of carbonyl (C=O) groups is 1. The maximum Gasteiger partial charge on any atom is 0.319 e. The Labute approximate surface area is 163 Å². The van der Waals surface area contributed by atoms with E-state index in [0.717, 1.165) is 37.5 Å². The van der Waals surface area contributed by atoms with E-state index in [-0.39, 0.29) is 6.03 Å². The van der Waals surface area contributed by atoms with Gasteiger partial charge in [0.1, 0.15) is 0 Å². The van der Waals surface area contributed by atoms with Crippen molar-refractivity contribution in [2.24, 2.45) is 5.92 Å². The van der Waals surface area contributed by atoms with Crippen LogP contribution in [0.15, 0.2) is 60.7 Å². The Balaban J connectivity index is 1.23. The zero-order valence-electron chi connectivity index (χ0n) is 16.1. The van der Waals surface area contributed by atoms with Crippen LogP contribution in [0.3, 0.4) is 0 Å². The molecule has 27 heavy (non-hydrogen) atoms. The Morgan fingerprint density at radius 1 is 0.926 bits per heavy atom. The molecular formula is C23H31N3O. The van der Waals surface area contributed by atoms with Crippen molar-refractivity contribution in [2.75, 3.05) is 31.5 Å². The van der Waals surface area contributed by atoms with Crippen molar-refractivity contribution in [3.63, 3.8) is 0 Å². The minimum atomic E-state index is -0.122. The number of unbranched alkanes of at least 4 members (excludes halogenated alkanes) is 1. The van der Waals surface area contributed by atoms with Crippen molar-refractivity contribution in [1.29, 1.82) is 0 Å². The Bertz CT molecular complexity index is 667. The lowest BCUT2D eigenvalue weighted by atomic mass is 9.90. The van der Waals surface area contributed by atoms with Gasteiger partial charge in [-0.15, -0.1) is 0 Å². The molecule has 1 aliphatic rings. The summed E-state index contributed by atoms with van der Waals surface area (Å²) in [6, 6.07) is 20.3. The quantitative estimate of drug-likeness (QED) is 0.675. The Hall–Kier alpha value is -2.33. The van der Waals surface area contributed by atoms with E-state index in [1.54, 1.807) is 0 Å². The third-order valence-electron chi connectivity index (χ3n) is 5.29. The van der Waals surface area contributed by atoms with Crippen LogP contribution < -0.4 is 10.6 Å². The molecule has 4 nitrogen and oxygen atoms in total. The summed E-state index contributed by atoms with van der Waals surface area (Å²) in [6.45, 7) is 4.28. The number of rotatable bonds is 8. The van der Waals surface area contributed by atoms with Gasteiger partial charge in [-0.25, -0.2) is 4.79 Å². The summed E-state index contributed by atoms with van der Waals surface area (Å²) in [5.74, 6) is 0.826.